The molecule has 1 amide bonds. The Bertz CT molecular complexity index is 956. The smallest absolute Gasteiger partial charge is 0.311 e. The van der Waals surface area contributed by atoms with E-state index in [1.54, 1.807) is 0 Å². The molecule has 0 bridgehead atoms. The third-order valence-corrected chi connectivity index (χ3v) is 4.27. The number of methoxy groups -OCH3 is 2. The van der Waals surface area contributed by atoms with Gasteiger partial charge in [-0.25, -0.2) is 5.43 Å². The molecule has 2 rings (SSSR count). The van der Waals surface area contributed by atoms with Crippen LogP contribution in [0.3, 0.4) is 0 Å². The van der Waals surface area contributed by atoms with Gasteiger partial charge >= 0.3 is 5.69 Å². The number of nitrogens with zero attached hydrogens (tertiary/aromatic N) is 2. The van der Waals surface area contributed by atoms with Crippen molar-refractivity contribution in [3.63, 3.8) is 0 Å². The van der Waals surface area contributed by atoms with Gasteiger partial charge in [-0.3, -0.25) is 14.9 Å². The number of rotatable bonds is 9. The van der Waals surface area contributed by atoms with E-state index in [0.29, 0.717) is 17.1 Å². The monoisotopic (exact) mass is 415 g/mol. The molecule has 0 aliphatic rings. The van der Waals surface area contributed by atoms with Crippen molar-refractivity contribution in [1.82, 2.24) is 5.43 Å². The SMILES string of the molecule is COc1cc(OC)c([N+](=O)[O-])cc1/C=N/NC(=O)COc1cc(C)ccc1C(C)C. The van der Waals surface area contributed by atoms with Gasteiger partial charge in [0.05, 0.1) is 25.4 Å². The Kier molecular flexibility index (Phi) is 7.74. The number of aryl methyl sites for hydroxylation is 1. The van der Waals surface area contributed by atoms with Gasteiger partial charge < -0.3 is 14.2 Å². The van der Waals surface area contributed by atoms with Crippen LogP contribution in [0.5, 0.6) is 17.2 Å². The van der Waals surface area contributed by atoms with E-state index in [-0.39, 0.29) is 24.0 Å². The number of nitrogens with one attached hydrogen (secondary N) is 1. The number of hydrazone groups is 1. The maximum atomic E-state index is 12.1. The summed E-state index contributed by atoms with van der Waals surface area (Å²) in [5, 5.41) is 15.0. The molecule has 0 aromatic heterocycles. The Morgan fingerprint density at radius 3 is 2.47 bits per heavy atom. The van der Waals surface area contributed by atoms with Crippen molar-refractivity contribution in [3.05, 3.63) is 57.1 Å². The number of carbonyl (C=O) groups is 1. The molecule has 0 spiro atoms. The third kappa shape index (κ3) is 5.69. The van der Waals surface area contributed by atoms with Crippen LogP contribution in [-0.2, 0) is 4.79 Å². The van der Waals surface area contributed by atoms with E-state index in [1.165, 1.54) is 32.6 Å². The van der Waals surface area contributed by atoms with Gasteiger partial charge in [0.25, 0.3) is 5.91 Å². The molecule has 0 atom stereocenters. The van der Waals surface area contributed by atoms with Gasteiger partial charge in [-0.05, 0) is 30.0 Å². The molecule has 30 heavy (non-hydrogen) atoms. The molecule has 0 radical (unpaired) electrons. The molecule has 9 heteroatoms. The lowest BCUT2D eigenvalue weighted by Gasteiger charge is -2.14. The van der Waals surface area contributed by atoms with Gasteiger partial charge in [0, 0.05) is 17.7 Å². The Morgan fingerprint density at radius 1 is 1.17 bits per heavy atom. The summed E-state index contributed by atoms with van der Waals surface area (Å²) >= 11 is 0. The van der Waals surface area contributed by atoms with E-state index in [2.05, 4.69) is 10.5 Å². The molecule has 2 aromatic rings. The summed E-state index contributed by atoms with van der Waals surface area (Å²) in [6.07, 6.45) is 1.26. The topological polar surface area (TPSA) is 112 Å². The summed E-state index contributed by atoms with van der Waals surface area (Å²) in [6.45, 7) is 5.82. The average molecular weight is 415 g/mol. The average Bonchev–Trinajstić information content (AvgIpc) is 2.71. The van der Waals surface area contributed by atoms with Crippen molar-refractivity contribution in [2.45, 2.75) is 26.7 Å². The maximum absolute atomic E-state index is 12.1. The van der Waals surface area contributed by atoms with E-state index in [1.807, 2.05) is 39.0 Å². The fraction of sp³-hybridized carbons (Fsp3) is 0.333. The van der Waals surface area contributed by atoms with Gasteiger partial charge in [0.2, 0.25) is 5.75 Å². The molecule has 0 aliphatic carbocycles. The van der Waals surface area contributed by atoms with E-state index in [9.17, 15) is 14.9 Å². The third-order valence-electron chi connectivity index (χ3n) is 4.27. The first kappa shape index (κ1) is 22.7. The minimum absolute atomic E-state index is 0.0607. The van der Waals surface area contributed by atoms with Crippen LogP contribution < -0.4 is 19.6 Å². The van der Waals surface area contributed by atoms with Crippen molar-refractivity contribution < 1.29 is 23.9 Å². The predicted octanol–water partition coefficient (Wildman–Crippen LogP) is 3.57. The number of amides is 1. The number of hydrogen-bond acceptors (Lipinski definition) is 7. The van der Waals surface area contributed by atoms with E-state index in [0.717, 1.165) is 11.1 Å². The first-order valence-electron chi connectivity index (χ1n) is 9.22. The van der Waals surface area contributed by atoms with Gasteiger partial charge in [0.15, 0.2) is 6.61 Å². The number of hydrogen-bond donors (Lipinski definition) is 1. The van der Waals surface area contributed by atoms with Crippen molar-refractivity contribution >= 4 is 17.8 Å². The van der Waals surface area contributed by atoms with Gasteiger partial charge in [-0.15, -0.1) is 0 Å². The number of benzene rings is 2. The van der Waals surface area contributed by atoms with Crippen LogP contribution in [0.15, 0.2) is 35.4 Å². The van der Waals surface area contributed by atoms with Crippen LogP contribution in [0, 0.1) is 17.0 Å². The summed E-state index contributed by atoms with van der Waals surface area (Å²) in [4.78, 5) is 22.7. The molecular weight excluding hydrogens is 390 g/mol. The number of ether oxygens (including phenoxy) is 3. The zero-order valence-corrected chi connectivity index (χ0v) is 17.6. The molecule has 0 aliphatic heterocycles. The second-order valence-electron chi connectivity index (χ2n) is 6.80. The highest BCUT2D eigenvalue weighted by Gasteiger charge is 2.19. The summed E-state index contributed by atoms with van der Waals surface area (Å²) in [5.41, 5.74) is 4.45. The predicted molar refractivity (Wildman–Crippen MR) is 113 cm³/mol. The largest absolute Gasteiger partial charge is 0.496 e. The number of nitro benzene ring substituents is 1. The molecule has 1 N–H and O–H groups in total. The molecule has 0 saturated carbocycles. The Balaban J connectivity index is 2.07. The molecule has 0 saturated heterocycles. The number of carbonyl (C=O) groups excluding carboxylic acids is 1. The summed E-state index contributed by atoms with van der Waals surface area (Å²) in [6, 6.07) is 8.50. The van der Waals surface area contributed by atoms with Crippen LogP contribution >= 0.6 is 0 Å². The number of nitro groups is 1. The highest BCUT2D eigenvalue weighted by molar-refractivity contribution is 5.87. The lowest BCUT2D eigenvalue weighted by atomic mass is 10.0. The van der Waals surface area contributed by atoms with E-state index in [4.69, 9.17) is 14.2 Å². The van der Waals surface area contributed by atoms with E-state index >= 15 is 0 Å². The fourth-order valence-electron chi connectivity index (χ4n) is 2.74. The molecule has 160 valence electrons. The molecule has 0 unspecified atom stereocenters. The lowest BCUT2D eigenvalue weighted by molar-refractivity contribution is -0.385. The Morgan fingerprint density at radius 2 is 1.87 bits per heavy atom. The second-order valence-corrected chi connectivity index (χ2v) is 6.80. The molecule has 0 fully saturated rings. The molecule has 0 heterocycles. The first-order chi connectivity index (χ1) is 14.3. The summed E-state index contributed by atoms with van der Waals surface area (Å²) < 4.78 is 15.9. The zero-order chi connectivity index (χ0) is 22.3. The highest BCUT2D eigenvalue weighted by Crippen LogP contribution is 2.33. The van der Waals surface area contributed by atoms with Crippen LogP contribution in [0.1, 0.15) is 36.5 Å². The Labute approximate surface area is 174 Å². The molecule has 2 aromatic carbocycles. The van der Waals surface area contributed by atoms with Crippen molar-refractivity contribution in [2.75, 3.05) is 20.8 Å². The maximum Gasteiger partial charge on any atom is 0.311 e. The fourth-order valence-corrected chi connectivity index (χ4v) is 2.74. The zero-order valence-electron chi connectivity index (χ0n) is 17.6. The molecular formula is C21H25N3O6. The first-order valence-corrected chi connectivity index (χ1v) is 9.22. The quantitative estimate of drug-likeness (QED) is 0.381. The minimum atomic E-state index is -0.573. The minimum Gasteiger partial charge on any atom is -0.496 e. The summed E-state index contributed by atoms with van der Waals surface area (Å²) in [7, 11) is 2.74. The summed E-state index contributed by atoms with van der Waals surface area (Å²) in [5.74, 6) is 0.805. The van der Waals surface area contributed by atoms with Crippen LogP contribution in [0.4, 0.5) is 5.69 Å². The van der Waals surface area contributed by atoms with E-state index < -0.39 is 10.8 Å². The highest BCUT2D eigenvalue weighted by atomic mass is 16.6. The van der Waals surface area contributed by atoms with Crippen molar-refractivity contribution in [3.8, 4) is 17.2 Å². The van der Waals surface area contributed by atoms with Crippen molar-refractivity contribution in [1.29, 1.82) is 0 Å². The van der Waals surface area contributed by atoms with Gasteiger partial charge in [-0.1, -0.05) is 26.0 Å². The Hall–Kier alpha value is -3.62. The van der Waals surface area contributed by atoms with Crippen molar-refractivity contribution in [2.24, 2.45) is 5.10 Å². The van der Waals surface area contributed by atoms with Gasteiger partial charge in [0.1, 0.15) is 11.5 Å². The normalized spacial score (nSPS) is 10.9. The second kappa shape index (κ2) is 10.2. The molecule has 9 nitrogen and oxygen atoms in total. The standard InChI is InChI=1S/C21H25N3O6/c1-13(2)16-7-6-14(3)8-19(16)30-12-21(25)23-22-11-15-9-17(24(26)27)20(29-5)10-18(15)28-4/h6-11,13H,12H2,1-5H3,(H,23,25)/b22-11+. The van der Waals surface area contributed by atoms with Crippen LogP contribution in [0.25, 0.3) is 0 Å². The lowest BCUT2D eigenvalue weighted by Crippen LogP contribution is -2.25. The van der Waals surface area contributed by atoms with Crippen LogP contribution in [-0.4, -0.2) is 37.9 Å². The van der Waals surface area contributed by atoms with Crippen LogP contribution in [0.2, 0.25) is 0 Å². The van der Waals surface area contributed by atoms with Gasteiger partial charge in [-0.2, -0.15) is 5.10 Å².